The van der Waals surface area contributed by atoms with Gasteiger partial charge in [0, 0.05) is 11.3 Å². The fourth-order valence-electron chi connectivity index (χ4n) is 2.21. The summed E-state index contributed by atoms with van der Waals surface area (Å²) in [6.45, 7) is 6.16. The van der Waals surface area contributed by atoms with Crippen LogP contribution in [0.5, 0.6) is 11.5 Å². The van der Waals surface area contributed by atoms with Crippen molar-refractivity contribution >= 4 is 5.69 Å². The topological polar surface area (TPSA) is 41.5 Å². The quantitative estimate of drug-likeness (QED) is 0.876. The van der Waals surface area contributed by atoms with Crippen molar-refractivity contribution in [1.29, 1.82) is 0 Å². The highest BCUT2D eigenvalue weighted by atomic mass is 16.5. The summed E-state index contributed by atoms with van der Waals surface area (Å²) < 4.78 is 5.21. The van der Waals surface area contributed by atoms with Crippen LogP contribution in [-0.2, 0) is 0 Å². The summed E-state index contributed by atoms with van der Waals surface area (Å²) in [4.78, 5) is 0. The highest BCUT2D eigenvalue weighted by Crippen LogP contribution is 2.31. The van der Waals surface area contributed by atoms with Crippen molar-refractivity contribution in [1.82, 2.24) is 0 Å². The summed E-state index contributed by atoms with van der Waals surface area (Å²) in [5, 5.41) is 13.5. The number of phenolic OH excluding ortho intramolecular Hbond substituents is 1. The lowest BCUT2D eigenvalue weighted by molar-refractivity contribution is 0.410. The van der Waals surface area contributed by atoms with E-state index in [1.165, 1.54) is 11.1 Å². The molecule has 3 heteroatoms. The molecule has 0 aromatic heterocycles. The minimum atomic E-state index is -0.00870. The second kappa shape index (κ2) is 5.87. The Morgan fingerprint density at radius 3 is 2.55 bits per heavy atom. The first-order valence-electron chi connectivity index (χ1n) is 6.72. The first kappa shape index (κ1) is 14.3. The smallest absolute Gasteiger partial charge is 0.121 e. The molecule has 0 heterocycles. The Morgan fingerprint density at radius 2 is 1.85 bits per heavy atom. The molecule has 0 spiro atoms. The van der Waals surface area contributed by atoms with Crippen molar-refractivity contribution < 1.29 is 9.84 Å². The number of ether oxygens (including phenoxy) is 1. The van der Waals surface area contributed by atoms with Crippen molar-refractivity contribution in [2.24, 2.45) is 0 Å². The SMILES string of the molecule is COc1ccc(O)c(C(C)Nc2cc(C)ccc2C)c1. The summed E-state index contributed by atoms with van der Waals surface area (Å²) in [5.41, 5.74) is 4.30. The molecule has 0 radical (unpaired) electrons. The van der Waals surface area contributed by atoms with Crippen molar-refractivity contribution in [3.63, 3.8) is 0 Å². The molecule has 0 aliphatic heterocycles. The lowest BCUT2D eigenvalue weighted by atomic mass is 10.0. The molecule has 0 fully saturated rings. The Labute approximate surface area is 120 Å². The van der Waals surface area contributed by atoms with Gasteiger partial charge >= 0.3 is 0 Å². The average molecular weight is 271 g/mol. The van der Waals surface area contributed by atoms with Gasteiger partial charge in [-0.2, -0.15) is 0 Å². The van der Waals surface area contributed by atoms with E-state index >= 15 is 0 Å². The van der Waals surface area contributed by atoms with Crippen LogP contribution in [-0.4, -0.2) is 12.2 Å². The van der Waals surface area contributed by atoms with Crippen LogP contribution in [0, 0.1) is 13.8 Å². The standard InChI is InChI=1S/C17H21NO2/c1-11-5-6-12(2)16(9-11)18-13(3)15-10-14(20-4)7-8-17(15)19/h5-10,13,18-19H,1-4H3. The number of hydrogen-bond acceptors (Lipinski definition) is 3. The molecule has 0 bridgehead atoms. The molecule has 2 aromatic carbocycles. The number of phenols is 1. The lowest BCUT2D eigenvalue weighted by Crippen LogP contribution is -2.08. The highest BCUT2D eigenvalue weighted by molar-refractivity contribution is 5.55. The van der Waals surface area contributed by atoms with Gasteiger partial charge in [0.05, 0.1) is 13.2 Å². The van der Waals surface area contributed by atoms with Crippen LogP contribution < -0.4 is 10.1 Å². The second-order valence-electron chi connectivity index (χ2n) is 5.11. The summed E-state index contributed by atoms with van der Waals surface area (Å²) >= 11 is 0. The molecule has 0 saturated carbocycles. The number of hydrogen-bond donors (Lipinski definition) is 2. The molecule has 1 unspecified atom stereocenters. The normalized spacial score (nSPS) is 12.0. The summed E-state index contributed by atoms with van der Waals surface area (Å²) in [5.74, 6) is 1.02. The van der Waals surface area contributed by atoms with E-state index in [1.54, 1.807) is 19.2 Å². The fraction of sp³-hybridized carbons (Fsp3) is 0.294. The highest BCUT2D eigenvalue weighted by Gasteiger charge is 2.12. The molecule has 0 amide bonds. The Hall–Kier alpha value is -2.16. The average Bonchev–Trinajstić information content (AvgIpc) is 2.43. The van der Waals surface area contributed by atoms with Gasteiger partial charge < -0.3 is 15.2 Å². The van der Waals surface area contributed by atoms with Crippen molar-refractivity contribution in [3.05, 3.63) is 53.1 Å². The van der Waals surface area contributed by atoms with Gasteiger partial charge in [-0.3, -0.25) is 0 Å². The van der Waals surface area contributed by atoms with Gasteiger partial charge in [0.15, 0.2) is 0 Å². The van der Waals surface area contributed by atoms with Crippen LogP contribution in [0.3, 0.4) is 0 Å². The molecule has 2 rings (SSSR count). The van der Waals surface area contributed by atoms with Crippen molar-refractivity contribution in [2.45, 2.75) is 26.8 Å². The van der Waals surface area contributed by atoms with Gasteiger partial charge in [-0.05, 0) is 56.2 Å². The van der Waals surface area contributed by atoms with Gasteiger partial charge in [0.2, 0.25) is 0 Å². The maximum absolute atomic E-state index is 10.0. The fourth-order valence-corrected chi connectivity index (χ4v) is 2.21. The third-order valence-electron chi connectivity index (χ3n) is 3.47. The minimum Gasteiger partial charge on any atom is -0.508 e. The Morgan fingerprint density at radius 1 is 1.10 bits per heavy atom. The van der Waals surface area contributed by atoms with Gasteiger partial charge in [-0.15, -0.1) is 0 Å². The molecular formula is C17H21NO2. The van der Waals surface area contributed by atoms with Gasteiger partial charge in [-0.1, -0.05) is 12.1 Å². The third-order valence-corrected chi connectivity index (χ3v) is 3.47. The van der Waals surface area contributed by atoms with E-state index in [-0.39, 0.29) is 11.8 Å². The van der Waals surface area contributed by atoms with Gasteiger partial charge in [0.1, 0.15) is 11.5 Å². The third kappa shape index (κ3) is 3.05. The molecule has 20 heavy (non-hydrogen) atoms. The largest absolute Gasteiger partial charge is 0.508 e. The Balaban J connectivity index is 2.27. The first-order chi connectivity index (χ1) is 9.51. The molecule has 106 valence electrons. The number of nitrogens with one attached hydrogen (secondary N) is 1. The zero-order valence-corrected chi connectivity index (χ0v) is 12.4. The van der Waals surface area contributed by atoms with Crippen LogP contribution in [0.4, 0.5) is 5.69 Å². The number of benzene rings is 2. The first-order valence-corrected chi connectivity index (χ1v) is 6.72. The number of aromatic hydroxyl groups is 1. The van der Waals surface area contributed by atoms with E-state index in [1.807, 2.05) is 13.0 Å². The number of rotatable bonds is 4. The van der Waals surface area contributed by atoms with E-state index in [2.05, 4.69) is 37.4 Å². The molecule has 2 aromatic rings. The predicted molar refractivity (Wildman–Crippen MR) is 82.6 cm³/mol. The van der Waals surface area contributed by atoms with Crippen molar-refractivity contribution in [2.75, 3.05) is 12.4 Å². The summed E-state index contributed by atoms with van der Waals surface area (Å²) in [7, 11) is 1.62. The molecule has 1 atom stereocenters. The van der Waals surface area contributed by atoms with E-state index in [9.17, 15) is 5.11 Å². The van der Waals surface area contributed by atoms with Crippen molar-refractivity contribution in [3.8, 4) is 11.5 Å². The molecule has 0 saturated heterocycles. The van der Waals surface area contributed by atoms with Gasteiger partial charge in [-0.25, -0.2) is 0 Å². The Bertz CT molecular complexity index is 608. The Kier molecular flexibility index (Phi) is 4.18. The monoisotopic (exact) mass is 271 g/mol. The maximum atomic E-state index is 10.0. The van der Waals surface area contributed by atoms with E-state index < -0.39 is 0 Å². The predicted octanol–water partition coefficient (Wildman–Crippen LogP) is 4.19. The van der Waals surface area contributed by atoms with Gasteiger partial charge in [0.25, 0.3) is 0 Å². The van der Waals surface area contributed by atoms with E-state index in [4.69, 9.17) is 4.74 Å². The summed E-state index contributed by atoms with van der Waals surface area (Å²) in [6.07, 6.45) is 0. The van der Waals surface area contributed by atoms with E-state index in [0.717, 1.165) is 17.0 Å². The summed E-state index contributed by atoms with van der Waals surface area (Å²) in [6, 6.07) is 11.6. The van der Waals surface area contributed by atoms with E-state index in [0.29, 0.717) is 0 Å². The zero-order valence-electron chi connectivity index (χ0n) is 12.4. The number of anilines is 1. The molecule has 3 nitrogen and oxygen atoms in total. The number of aryl methyl sites for hydroxylation is 2. The molecule has 2 N–H and O–H groups in total. The van der Waals surface area contributed by atoms with Crippen LogP contribution >= 0.6 is 0 Å². The molecule has 0 aliphatic carbocycles. The zero-order chi connectivity index (χ0) is 14.7. The van der Waals surface area contributed by atoms with Crippen LogP contribution in [0.15, 0.2) is 36.4 Å². The number of methoxy groups -OCH3 is 1. The van der Waals surface area contributed by atoms with Crippen LogP contribution in [0.2, 0.25) is 0 Å². The van der Waals surface area contributed by atoms with Crippen LogP contribution in [0.25, 0.3) is 0 Å². The maximum Gasteiger partial charge on any atom is 0.121 e. The van der Waals surface area contributed by atoms with Crippen LogP contribution in [0.1, 0.15) is 29.7 Å². The molecular weight excluding hydrogens is 250 g/mol. The second-order valence-corrected chi connectivity index (χ2v) is 5.11. The molecule has 0 aliphatic rings. The lowest BCUT2D eigenvalue weighted by Gasteiger charge is -2.19. The minimum absolute atomic E-state index is 0.00870.